The minimum absolute atomic E-state index is 0.0641. The number of halogens is 1. The zero-order chi connectivity index (χ0) is 15.7. The van der Waals surface area contributed by atoms with Gasteiger partial charge in [-0.15, -0.1) is 0 Å². The molecule has 4 nitrogen and oxygen atoms in total. The van der Waals surface area contributed by atoms with Crippen LogP contribution in [0.15, 0.2) is 28.7 Å². The van der Waals surface area contributed by atoms with Crippen molar-refractivity contribution >= 4 is 21.8 Å². The molecule has 0 aromatic heterocycles. The van der Waals surface area contributed by atoms with Crippen LogP contribution >= 0.6 is 15.9 Å². The topological polar surface area (TPSA) is 41.6 Å². The highest BCUT2D eigenvalue weighted by atomic mass is 79.9. The summed E-state index contributed by atoms with van der Waals surface area (Å²) in [5.74, 6) is 0.789. The Hall–Kier alpha value is -1.07. The fourth-order valence-corrected chi connectivity index (χ4v) is 3.84. The minimum Gasteiger partial charge on any atom is -0.481 e. The van der Waals surface area contributed by atoms with E-state index < -0.39 is 6.10 Å². The highest BCUT2D eigenvalue weighted by Gasteiger charge is 2.37. The summed E-state index contributed by atoms with van der Waals surface area (Å²) < 4.78 is 6.79. The van der Waals surface area contributed by atoms with Gasteiger partial charge in [0.15, 0.2) is 6.10 Å². The van der Waals surface area contributed by atoms with Crippen molar-refractivity contribution in [2.45, 2.75) is 56.8 Å². The van der Waals surface area contributed by atoms with Crippen LogP contribution in [0.5, 0.6) is 5.75 Å². The molecule has 22 heavy (non-hydrogen) atoms. The highest BCUT2D eigenvalue weighted by Crippen LogP contribution is 2.29. The van der Waals surface area contributed by atoms with E-state index in [1.165, 1.54) is 12.8 Å². The molecule has 0 radical (unpaired) electrons. The molecule has 5 heteroatoms. The number of nitrogens with one attached hydrogen (secondary N) is 1. The molecule has 2 saturated heterocycles. The normalized spacial score (nSPS) is 28.2. The molecule has 2 heterocycles. The van der Waals surface area contributed by atoms with Crippen molar-refractivity contribution in [3.05, 3.63) is 28.7 Å². The van der Waals surface area contributed by atoms with Crippen molar-refractivity contribution in [2.24, 2.45) is 0 Å². The second-order valence-corrected chi connectivity index (χ2v) is 7.34. The number of benzene rings is 1. The molecule has 2 aliphatic heterocycles. The molecule has 2 bridgehead atoms. The SMILES string of the molecule is CC(Oc1ccc(Br)cc1)C(=O)N(C)C1CC2CCC(C1)N2. The zero-order valence-electron chi connectivity index (χ0n) is 13.1. The number of fused-ring (bicyclic) bond motifs is 2. The summed E-state index contributed by atoms with van der Waals surface area (Å²) in [5.41, 5.74) is 0. The van der Waals surface area contributed by atoms with Crippen molar-refractivity contribution in [1.82, 2.24) is 10.2 Å². The van der Waals surface area contributed by atoms with Gasteiger partial charge in [-0.1, -0.05) is 15.9 Å². The lowest BCUT2D eigenvalue weighted by Gasteiger charge is -2.36. The highest BCUT2D eigenvalue weighted by molar-refractivity contribution is 9.10. The molecular formula is C17H23BrN2O2. The molecule has 1 amide bonds. The maximum Gasteiger partial charge on any atom is 0.263 e. The van der Waals surface area contributed by atoms with Gasteiger partial charge in [-0.3, -0.25) is 4.79 Å². The number of hydrogen-bond donors (Lipinski definition) is 1. The van der Waals surface area contributed by atoms with Crippen molar-refractivity contribution in [2.75, 3.05) is 7.05 Å². The quantitative estimate of drug-likeness (QED) is 0.890. The molecule has 3 atom stereocenters. The predicted molar refractivity (Wildman–Crippen MR) is 90.0 cm³/mol. The first kappa shape index (κ1) is 15.8. The molecule has 2 aliphatic rings. The maximum absolute atomic E-state index is 12.6. The lowest BCUT2D eigenvalue weighted by atomic mass is 9.98. The van der Waals surface area contributed by atoms with Crippen LogP contribution in [0.2, 0.25) is 0 Å². The maximum atomic E-state index is 12.6. The Bertz CT molecular complexity index is 522. The Balaban J connectivity index is 1.58. The Morgan fingerprint density at radius 1 is 1.27 bits per heavy atom. The van der Waals surface area contributed by atoms with Gasteiger partial charge >= 0.3 is 0 Å². The number of likely N-dealkylation sites (N-methyl/N-ethyl adjacent to an activating group) is 1. The minimum atomic E-state index is -0.460. The summed E-state index contributed by atoms with van der Waals surface area (Å²) in [5, 5.41) is 3.61. The predicted octanol–water partition coefficient (Wildman–Crippen LogP) is 2.96. The number of piperidine rings is 1. The number of nitrogens with zero attached hydrogens (tertiary/aromatic N) is 1. The van der Waals surface area contributed by atoms with Crippen molar-refractivity contribution in [1.29, 1.82) is 0 Å². The second kappa shape index (κ2) is 6.59. The fraction of sp³-hybridized carbons (Fsp3) is 0.588. The average Bonchev–Trinajstić information content (AvgIpc) is 2.86. The number of amides is 1. The number of carbonyl (C=O) groups excluding carboxylic acids is 1. The third kappa shape index (κ3) is 3.46. The molecule has 1 aromatic carbocycles. The van der Waals surface area contributed by atoms with Crippen molar-refractivity contribution < 1.29 is 9.53 Å². The van der Waals surface area contributed by atoms with Crippen LogP contribution in [0.4, 0.5) is 0 Å². The molecule has 1 aromatic rings. The molecule has 3 rings (SSSR count). The van der Waals surface area contributed by atoms with E-state index in [0.29, 0.717) is 18.1 Å². The molecule has 120 valence electrons. The van der Waals surface area contributed by atoms with E-state index in [-0.39, 0.29) is 5.91 Å². The lowest BCUT2D eigenvalue weighted by Crippen LogP contribution is -2.51. The summed E-state index contributed by atoms with van der Waals surface area (Å²) in [6.07, 6.45) is 4.15. The third-order valence-corrected chi connectivity index (χ3v) is 5.35. The second-order valence-electron chi connectivity index (χ2n) is 6.43. The Morgan fingerprint density at radius 2 is 1.86 bits per heavy atom. The summed E-state index contributed by atoms with van der Waals surface area (Å²) >= 11 is 3.40. The molecule has 3 unspecified atom stereocenters. The van der Waals surface area contributed by atoms with Gasteiger partial charge in [0.25, 0.3) is 5.91 Å². The van der Waals surface area contributed by atoms with E-state index in [2.05, 4.69) is 21.2 Å². The molecular weight excluding hydrogens is 344 g/mol. The van der Waals surface area contributed by atoms with Crippen LogP contribution in [0.1, 0.15) is 32.6 Å². The summed E-state index contributed by atoms with van der Waals surface area (Å²) in [6, 6.07) is 9.09. The van der Waals surface area contributed by atoms with Crippen LogP contribution in [0.25, 0.3) is 0 Å². The first-order valence-electron chi connectivity index (χ1n) is 7.98. The van der Waals surface area contributed by atoms with E-state index in [1.807, 2.05) is 43.1 Å². The Kier molecular flexibility index (Phi) is 4.73. The molecule has 0 aliphatic carbocycles. The van der Waals surface area contributed by atoms with Crippen molar-refractivity contribution in [3.8, 4) is 5.75 Å². The Labute approximate surface area is 140 Å². The largest absolute Gasteiger partial charge is 0.481 e. The van der Waals surface area contributed by atoms with E-state index >= 15 is 0 Å². The molecule has 0 spiro atoms. The van der Waals surface area contributed by atoms with Gasteiger partial charge < -0.3 is 15.0 Å². The fourth-order valence-electron chi connectivity index (χ4n) is 3.58. The van der Waals surface area contributed by atoms with Gasteiger partial charge in [0.2, 0.25) is 0 Å². The molecule has 2 fully saturated rings. The summed E-state index contributed by atoms with van der Waals surface area (Å²) in [6.45, 7) is 1.83. The molecule has 1 N–H and O–H groups in total. The summed E-state index contributed by atoms with van der Waals surface area (Å²) in [7, 11) is 1.92. The third-order valence-electron chi connectivity index (χ3n) is 4.82. The lowest BCUT2D eigenvalue weighted by molar-refractivity contribution is -0.139. The first-order chi connectivity index (χ1) is 10.5. The molecule has 0 saturated carbocycles. The van der Waals surface area contributed by atoms with Crippen LogP contribution in [-0.2, 0) is 4.79 Å². The zero-order valence-corrected chi connectivity index (χ0v) is 14.7. The first-order valence-corrected chi connectivity index (χ1v) is 8.77. The Morgan fingerprint density at radius 3 is 2.45 bits per heavy atom. The summed E-state index contributed by atoms with van der Waals surface area (Å²) in [4.78, 5) is 14.5. The van der Waals surface area contributed by atoms with Gasteiger partial charge in [0.1, 0.15) is 5.75 Å². The van der Waals surface area contributed by atoms with Crippen LogP contribution < -0.4 is 10.1 Å². The van der Waals surface area contributed by atoms with E-state index in [0.717, 1.165) is 23.1 Å². The van der Waals surface area contributed by atoms with Crippen LogP contribution in [0, 0.1) is 0 Å². The monoisotopic (exact) mass is 366 g/mol. The van der Waals surface area contributed by atoms with Crippen LogP contribution in [-0.4, -0.2) is 42.1 Å². The van der Waals surface area contributed by atoms with Gasteiger partial charge in [-0.2, -0.15) is 0 Å². The van der Waals surface area contributed by atoms with Crippen molar-refractivity contribution in [3.63, 3.8) is 0 Å². The van der Waals surface area contributed by atoms with Gasteiger partial charge in [0.05, 0.1) is 0 Å². The number of hydrogen-bond acceptors (Lipinski definition) is 3. The van der Waals surface area contributed by atoms with E-state index in [1.54, 1.807) is 0 Å². The van der Waals surface area contributed by atoms with Gasteiger partial charge in [-0.25, -0.2) is 0 Å². The number of carbonyl (C=O) groups is 1. The van der Waals surface area contributed by atoms with Gasteiger partial charge in [0, 0.05) is 29.6 Å². The van der Waals surface area contributed by atoms with Gasteiger partial charge in [-0.05, 0) is 56.9 Å². The van der Waals surface area contributed by atoms with E-state index in [9.17, 15) is 4.79 Å². The van der Waals surface area contributed by atoms with Crippen LogP contribution in [0.3, 0.4) is 0 Å². The average molecular weight is 367 g/mol. The number of rotatable bonds is 4. The number of ether oxygens (including phenoxy) is 1. The smallest absolute Gasteiger partial charge is 0.263 e. The standard InChI is InChI=1S/C17H23BrN2O2/c1-11(22-16-7-3-12(18)4-8-16)17(21)20(2)15-9-13-5-6-14(10-15)19-13/h3-4,7-8,11,13-15,19H,5-6,9-10H2,1-2H3. The van der Waals surface area contributed by atoms with E-state index in [4.69, 9.17) is 4.74 Å².